The van der Waals surface area contributed by atoms with Gasteiger partial charge >= 0.3 is 0 Å². The minimum absolute atomic E-state index is 0.163. The van der Waals surface area contributed by atoms with Gasteiger partial charge in [0, 0.05) is 23.7 Å². The van der Waals surface area contributed by atoms with Crippen LogP contribution in [-0.2, 0) is 11.3 Å². The van der Waals surface area contributed by atoms with Crippen molar-refractivity contribution in [1.29, 1.82) is 0 Å². The van der Waals surface area contributed by atoms with Crippen molar-refractivity contribution in [3.8, 4) is 5.75 Å². The van der Waals surface area contributed by atoms with Crippen molar-refractivity contribution in [1.82, 2.24) is 10.2 Å². The Bertz CT molecular complexity index is 682. The highest BCUT2D eigenvalue weighted by Gasteiger charge is 2.08. The van der Waals surface area contributed by atoms with Gasteiger partial charge in [0.05, 0.1) is 6.54 Å². The first-order valence-electron chi connectivity index (χ1n) is 7.61. The number of nitrogens with zero attached hydrogens (tertiary/aromatic N) is 1. The standard InChI is InChI=1S/C18H20ClFN2O2/c1-22(9-10-24-16-7-4-6-15(19)11-16)13-18(23)21-12-14-5-2-3-8-17(14)20/h2-8,11H,9-10,12-13H2,1H3,(H,21,23). The summed E-state index contributed by atoms with van der Waals surface area (Å²) in [4.78, 5) is 13.7. The van der Waals surface area contributed by atoms with Gasteiger partial charge in [-0.3, -0.25) is 9.69 Å². The minimum Gasteiger partial charge on any atom is -0.492 e. The summed E-state index contributed by atoms with van der Waals surface area (Å²) in [5.41, 5.74) is 0.470. The molecule has 0 atom stereocenters. The molecular weight excluding hydrogens is 331 g/mol. The largest absolute Gasteiger partial charge is 0.492 e. The second-order valence-electron chi connectivity index (χ2n) is 5.41. The molecule has 0 fully saturated rings. The summed E-state index contributed by atoms with van der Waals surface area (Å²) in [6.45, 7) is 1.42. The maximum atomic E-state index is 13.5. The van der Waals surface area contributed by atoms with Gasteiger partial charge in [0.25, 0.3) is 0 Å². The molecular formula is C18H20ClFN2O2. The smallest absolute Gasteiger partial charge is 0.234 e. The monoisotopic (exact) mass is 350 g/mol. The fourth-order valence-electron chi connectivity index (χ4n) is 2.09. The summed E-state index contributed by atoms with van der Waals surface area (Å²) in [7, 11) is 1.82. The van der Waals surface area contributed by atoms with Crippen molar-refractivity contribution in [3.05, 3.63) is 64.9 Å². The van der Waals surface area contributed by atoms with E-state index in [1.54, 1.807) is 30.3 Å². The molecule has 0 radical (unpaired) electrons. The Kier molecular flexibility index (Phi) is 7.03. The van der Waals surface area contributed by atoms with Crippen LogP contribution < -0.4 is 10.1 Å². The molecule has 0 aliphatic carbocycles. The van der Waals surface area contributed by atoms with Gasteiger partial charge in [0.1, 0.15) is 18.2 Å². The molecule has 0 heterocycles. The lowest BCUT2D eigenvalue weighted by molar-refractivity contribution is -0.122. The number of amides is 1. The van der Waals surface area contributed by atoms with Crippen molar-refractivity contribution in [2.45, 2.75) is 6.54 Å². The summed E-state index contributed by atoms with van der Waals surface area (Å²) in [5.74, 6) is 0.212. The third-order valence-electron chi connectivity index (χ3n) is 3.39. The lowest BCUT2D eigenvalue weighted by Crippen LogP contribution is -2.36. The molecule has 0 aliphatic heterocycles. The number of carbonyl (C=O) groups is 1. The number of carbonyl (C=O) groups excluding carboxylic acids is 1. The van der Waals surface area contributed by atoms with Crippen molar-refractivity contribution < 1.29 is 13.9 Å². The Labute approximate surface area is 146 Å². The van der Waals surface area contributed by atoms with Crippen LogP contribution in [0.4, 0.5) is 4.39 Å². The van der Waals surface area contributed by atoms with Crippen LogP contribution in [0.1, 0.15) is 5.56 Å². The zero-order valence-electron chi connectivity index (χ0n) is 13.5. The molecule has 0 bridgehead atoms. The highest BCUT2D eigenvalue weighted by Crippen LogP contribution is 2.16. The Balaban J connectivity index is 1.67. The van der Waals surface area contributed by atoms with Crippen LogP contribution in [0, 0.1) is 5.82 Å². The van der Waals surface area contributed by atoms with Gasteiger partial charge in [0.15, 0.2) is 0 Å². The van der Waals surface area contributed by atoms with E-state index in [-0.39, 0.29) is 24.8 Å². The highest BCUT2D eigenvalue weighted by atomic mass is 35.5. The number of rotatable bonds is 8. The van der Waals surface area contributed by atoms with Crippen LogP contribution in [0.2, 0.25) is 5.02 Å². The lowest BCUT2D eigenvalue weighted by Gasteiger charge is -2.16. The predicted octanol–water partition coefficient (Wildman–Crippen LogP) is 3.11. The first-order valence-corrected chi connectivity index (χ1v) is 7.99. The van der Waals surface area contributed by atoms with E-state index in [0.717, 1.165) is 0 Å². The first kappa shape index (κ1) is 18.2. The quantitative estimate of drug-likeness (QED) is 0.795. The molecule has 0 aromatic heterocycles. The number of halogens is 2. The van der Waals surface area contributed by atoms with Crippen LogP contribution in [0.25, 0.3) is 0 Å². The van der Waals surface area contributed by atoms with E-state index in [9.17, 15) is 9.18 Å². The maximum absolute atomic E-state index is 13.5. The van der Waals surface area contributed by atoms with E-state index in [0.29, 0.717) is 29.5 Å². The van der Waals surface area contributed by atoms with Crippen molar-refractivity contribution in [3.63, 3.8) is 0 Å². The third kappa shape index (κ3) is 6.18. The summed E-state index contributed by atoms with van der Waals surface area (Å²) < 4.78 is 19.0. The van der Waals surface area contributed by atoms with E-state index in [1.807, 2.05) is 24.1 Å². The van der Waals surface area contributed by atoms with Crippen molar-refractivity contribution in [2.24, 2.45) is 0 Å². The normalized spacial score (nSPS) is 10.7. The van der Waals surface area contributed by atoms with E-state index < -0.39 is 0 Å². The van der Waals surface area contributed by atoms with Gasteiger partial charge in [-0.15, -0.1) is 0 Å². The van der Waals surface area contributed by atoms with Crippen molar-refractivity contribution in [2.75, 3.05) is 26.7 Å². The van der Waals surface area contributed by atoms with E-state index in [4.69, 9.17) is 16.3 Å². The first-order chi connectivity index (χ1) is 11.5. The van der Waals surface area contributed by atoms with Gasteiger partial charge in [-0.2, -0.15) is 0 Å². The van der Waals surface area contributed by atoms with E-state index >= 15 is 0 Å². The fraction of sp³-hybridized carbons (Fsp3) is 0.278. The lowest BCUT2D eigenvalue weighted by atomic mass is 10.2. The van der Waals surface area contributed by atoms with Crippen LogP contribution in [0.15, 0.2) is 48.5 Å². The Morgan fingerprint density at radius 1 is 1.25 bits per heavy atom. The van der Waals surface area contributed by atoms with Crippen LogP contribution >= 0.6 is 11.6 Å². The Hall–Kier alpha value is -2.11. The van der Waals surface area contributed by atoms with Crippen molar-refractivity contribution >= 4 is 17.5 Å². The maximum Gasteiger partial charge on any atom is 0.234 e. The second-order valence-corrected chi connectivity index (χ2v) is 5.85. The van der Waals surface area contributed by atoms with Gasteiger partial charge < -0.3 is 10.1 Å². The highest BCUT2D eigenvalue weighted by molar-refractivity contribution is 6.30. The Morgan fingerprint density at radius 2 is 2.04 bits per heavy atom. The zero-order chi connectivity index (χ0) is 17.4. The number of hydrogen-bond donors (Lipinski definition) is 1. The topological polar surface area (TPSA) is 41.6 Å². The second kappa shape index (κ2) is 9.25. The summed E-state index contributed by atoms with van der Waals surface area (Å²) in [6.07, 6.45) is 0. The molecule has 24 heavy (non-hydrogen) atoms. The molecule has 128 valence electrons. The van der Waals surface area contributed by atoms with Gasteiger partial charge in [-0.05, 0) is 31.3 Å². The molecule has 6 heteroatoms. The number of benzene rings is 2. The number of likely N-dealkylation sites (N-methyl/N-ethyl adjacent to an activating group) is 1. The molecule has 1 amide bonds. The molecule has 0 aliphatic rings. The van der Waals surface area contributed by atoms with E-state index in [2.05, 4.69) is 5.32 Å². The number of hydrogen-bond acceptors (Lipinski definition) is 3. The van der Waals surface area contributed by atoms with Crippen LogP contribution in [0.3, 0.4) is 0 Å². The molecule has 2 aromatic carbocycles. The summed E-state index contributed by atoms with van der Waals surface area (Å²) >= 11 is 5.88. The van der Waals surface area contributed by atoms with Gasteiger partial charge in [0.2, 0.25) is 5.91 Å². The molecule has 0 unspecified atom stereocenters. The molecule has 2 rings (SSSR count). The SMILES string of the molecule is CN(CCOc1cccc(Cl)c1)CC(=O)NCc1ccccc1F. The summed E-state index contributed by atoms with van der Waals surface area (Å²) in [5, 5.41) is 3.33. The zero-order valence-corrected chi connectivity index (χ0v) is 14.2. The van der Waals surface area contributed by atoms with Gasteiger partial charge in [-0.25, -0.2) is 4.39 Å². The number of nitrogens with one attached hydrogen (secondary N) is 1. The van der Waals surface area contributed by atoms with Gasteiger partial charge in [-0.1, -0.05) is 35.9 Å². The third-order valence-corrected chi connectivity index (χ3v) is 3.62. The van der Waals surface area contributed by atoms with Crippen LogP contribution in [0.5, 0.6) is 5.75 Å². The fourth-order valence-corrected chi connectivity index (χ4v) is 2.27. The minimum atomic E-state index is -0.318. The average molecular weight is 351 g/mol. The molecule has 0 saturated heterocycles. The Morgan fingerprint density at radius 3 is 2.79 bits per heavy atom. The van der Waals surface area contributed by atoms with Crippen LogP contribution in [-0.4, -0.2) is 37.6 Å². The average Bonchev–Trinajstić information content (AvgIpc) is 2.54. The van der Waals surface area contributed by atoms with E-state index in [1.165, 1.54) is 6.07 Å². The molecule has 0 spiro atoms. The molecule has 4 nitrogen and oxygen atoms in total. The summed E-state index contributed by atoms with van der Waals surface area (Å²) in [6, 6.07) is 13.5. The molecule has 0 saturated carbocycles. The predicted molar refractivity (Wildman–Crippen MR) is 92.7 cm³/mol. The molecule has 1 N–H and O–H groups in total. The molecule has 2 aromatic rings. The number of ether oxygens (including phenoxy) is 1.